The summed E-state index contributed by atoms with van der Waals surface area (Å²) in [5, 5.41) is 6.01. The number of hydrogen-bond donors (Lipinski definition) is 2. The average Bonchev–Trinajstić information content (AvgIpc) is 2.90. The third-order valence-corrected chi connectivity index (χ3v) is 3.71. The van der Waals surface area contributed by atoms with Crippen LogP contribution in [-0.2, 0) is 9.59 Å². The third-order valence-electron chi connectivity index (χ3n) is 3.71. The van der Waals surface area contributed by atoms with Gasteiger partial charge in [-0.05, 0) is 19.0 Å². The van der Waals surface area contributed by atoms with Crippen LogP contribution in [0.5, 0.6) is 0 Å². The molecule has 1 atom stereocenters. The Morgan fingerprint density at radius 3 is 2.71 bits per heavy atom. The lowest BCUT2D eigenvalue weighted by atomic mass is 10.1. The van der Waals surface area contributed by atoms with Crippen molar-refractivity contribution in [3.63, 3.8) is 0 Å². The third kappa shape index (κ3) is 4.56. The Bertz CT molecular complexity index is 476. The molecular formula is C16H23N3O2. The zero-order valence-corrected chi connectivity index (χ0v) is 12.5. The summed E-state index contributed by atoms with van der Waals surface area (Å²) in [6, 6.07) is 9.69. The van der Waals surface area contributed by atoms with Crippen molar-refractivity contribution in [1.29, 1.82) is 0 Å². The van der Waals surface area contributed by atoms with Gasteiger partial charge < -0.3 is 15.5 Å². The maximum Gasteiger partial charge on any atom is 0.222 e. The zero-order valence-electron chi connectivity index (χ0n) is 12.5. The van der Waals surface area contributed by atoms with Crippen LogP contribution in [0.1, 0.15) is 30.9 Å². The Kier molecular flexibility index (Phi) is 5.75. The molecule has 0 aliphatic carbocycles. The van der Waals surface area contributed by atoms with Gasteiger partial charge in [0.2, 0.25) is 11.8 Å². The van der Waals surface area contributed by atoms with Crippen molar-refractivity contribution >= 4 is 11.8 Å². The summed E-state index contributed by atoms with van der Waals surface area (Å²) < 4.78 is 0. The highest BCUT2D eigenvalue weighted by Gasteiger charge is 2.25. The van der Waals surface area contributed by atoms with E-state index in [1.807, 2.05) is 42.3 Å². The van der Waals surface area contributed by atoms with E-state index in [-0.39, 0.29) is 17.9 Å². The molecule has 21 heavy (non-hydrogen) atoms. The van der Waals surface area contributed by atoms with E-state index in [2.05, 4.69) is 10.6 Å². The van der Waals surface area contributed by atoms with Crippen LogP contribution in [0.15, 0.2) is 30.3 Å². The molecule has 1 aliphatic heterocycles. The van der Waals surface area contributed by atoms with Crippen LogP contribution in [0, 0.1) is 0 Å². The number of benzene rings is 1. The summed E-state index contributed by atoms with van der Waals surface area (Å²) in [5.41, 5.74) is 1.04. The summed E-state index contributed by atoms with van der Waals surface area (Å²) >= 11 is 0. The number of rotatable bonds is 7. The van der Waals surface area contributed by atoms with Gasteiger partial charge in [-0.1, -0.05) is 30.3 Å². The molecule has 5 heteroatoms. The normalized spacial score (nSPS) is 16.0. The molecule has 0 aromatic heterocycles. The fourth-order valence-electron chi connectivity index (χ4n) is 2.54. The van der Waals surface area contributed by atoms with Gasteiger partial charge in [-0.25, -0.2) is 0 Å². The van der Waals surface area contributed by atoms with Gasteiger partial charge in [-0.3, -0.25) is 9.59 Å². The molecule has 1 unspecified atom stereocenters. The summed E-state index contributed by atoms with van der Waals surface area (Å²) in [4.78, 5) is 25.6. The molecule has 1 fully saturated rings. The lowest BCUT2D eigenvalue weighted by Gasteiger charge is -2.25. The van der Waals surface area contributed by atoms with Crippen LogP contribution in [0.3, 0.4) is 0 Å². The first-order chi connectivity index (χ1) is 10.2. The Labute approximate surface area is 125 Å². The molecule has 0 radical (unpaired) electrons. The lowest BCUT2D eigenvalue weighted by Crippen LogP contribution is -2.39. The zero-order chi connectivity index (χ0) is 15.1. The second-order valence-electron chi connectivity index (χ2n) is 5.33. The van der Waals surface area contributed by atoms with Crippen molar-refractivity contribution < 1.29 is 9.59 Å². The molecule has 0 saturated carbocycles. The summed E-state index contributed by atoms with van der Waals surface area (Å²) in [6.45, 7) is 1.98. The second kappa shape index (κ2) is 7.78. The Morgan fingerprint density at radius 1 is 1.33 bits per heavy atom. The van der Waals surface area contributed by atoms with Crippen molar-refractivity contribution in [2.24, 2.45) is 0 Å². The van der Waals surface area contributed by atoms with Gasteiger partial charge in [0.1, 0.15) is 0 Å². The van der Waals surface area contributed by atoms with E-state index in [0.29, 0.717) is 25.9 Å². The highest BCUT2D eigenvalue weighted by atomic mass is 16.2. The van der Waals surface area contributed by atoms with Gasteiger partial charge in [0.15, 0.2) is 0 Å². The first-order valence-electron chi connectivity index (χ1n) is 7.47. The number of hydrogen-bond acceptors (Lipinski definition) is 3. The molecule has 1 heterocycles. The molecule has 2 N–H and O–H groups in total. The molecule has 1 aromatic carbocycles. The smallest absolute Gasteiger partial charge is 0.222 e. The van der Waals surface area contributed by atoms with E-state index in [1.54, 1.807) is 0 Å². The summed E-state index contributed by atoms with van der Waals surface area (Å²) in [6.07, 6.45) is 1.97. The minimum atomic E-state index is -0.141. The quantitative estimate of drug-likeness (QED) is 0.789. The SMILES string of the molecule is CNCCC(=O)NC(CN1CCCC1=O)c1ccccc1. The van der Waals surface area contributed by atoms with Crippen molar-refractivity contribution in [1.82, 2.24) is 15.5 Å². The van der Waals surface area contributed by atoms with E-state index < -0.39 is 0 Å². The van der Waals surface area contributed by atoms with Gasteiger partial charge in [0.25, 0.3) is 0 Å². The van der Waals surface area contributed by atoms with Gasteiger partial charge in [0, 0.05) is 32.5 Å². The molecule has 2 rings (SSSR count). The minimum absolute atomic E-state index is 0.00449. The van der Waals surface area contributed by atoms with Crippen molar-refractivity contribution in [3.05, 3.63) is 35.9 Å². The molecule has 0 bridgehead atoms. The maximum atomic E-state index is 12.0. The maximum absolute atomic E-state index is 12.0. The van der Waals surface area contributed by atoms with Crippen LogP contribution in [0.4, 0.5) is 0 Å². The predicted molar refractivity (Wildman–Crippen MR) is 81.7 cm³/mol. The summed E-state index contributed by atoms with van der Waals surface area (Å²) in [5.74, 6) is 0.185. The van der Waals surface area contributed by atoms with Gasteiger partial charge in [-0.15, -0.1) is 0 Å². The number of nitrogens with one attached hydrogen (secondary N) is 2. The van der Waals surface area contributed by atoms with E-state index in [9.17, 15) is 9.59 Å². The minimum Gasteiger partial charge on any atom is -0.347 e. The largest absolute Gasteiger partial charge is 0.347 e. The Balaban J connectivity index is 2.03. The Hall–Kier alpha value is -1.88. The van der Waals surface area contributed by atoms with E-state index in [1.165, 1.54) is 0 Å². The monoisotopic (exact) mass is 289 g/mol. The van der Waals surface area contributed by atoms with Crippen LogP contribution in [0.25, 0.3) is 0 Å². The standard InChI is InChI=1S/C16H23N3O2/c1-17-10-9-15(20)18-14(13-6-3-2-4-7-13)12-19-11-5-8-16(19)21/h2-4,6-7,14,17H,5,8-12H2,1H3,(H,18,20). The van der Waals surface area contributed by atoms with Crippen LogP contribution >= 0.6 is 0 Å². The van der Waals surface area contributed by atoms with Crippen molar-refractivity contribution in [3.8, 4) is 0 Å². The molecule has 5 nitrogen and oxygen atoms in total. The first kappa shape index (κ1) is 15.5. The van der Waals surface area contributed by atoms with E-state index >= 15 is 0 Å². The molecule has 1 saturated heterocycles. The predicted octanol–water partition coefficient (Wildman–Crippen LogP) is 1.08. The van der Waals surface area contributed by atoms with Crippen molar-refractivity contribution in [2.45, 2.75) is 25.3 Å². The number of amides is 2. The molecule has 0 spiro atoms. The van der Waals surface area contributed by atoms with Crippen LogP contribution < -0.4 is 10.6 Å². The lowest BCUT2D eigenvalue weighted by molar-refractivity contribution is -0.129. The molecule has 2 amide bonds. The highest BCUT2D eigenvalue weighted by molar-refractivity contribution is 5.79. The molecule has 1 aromatic rings. The average molecular weight is 289 g/mol. The molecule has 114 valence electrons. The van der Waals surface area contributed by atoms with Gasteiger partial charge >= 0.3 is 0 Å². The van der Waals surface area contributed by atoms with E-state index in [0.717, 1.165) is 18.5 Å². The topological polar surface area (TPSA) is 61.4 Å². The number of carbonyl (C=O) groups is 2. The number of likely N-dealkylation sites (tertiary alicyclic amines) is 1. The van der Waals surface area contributed by atoms with Crippen LogP contribution in [0.2, 0.25) is 0 Å². The number of carbonyl (C=O) groups excluding carboxylic acids is 2. The van der Waals surface area contributed by atoms with Crippen LogP contribution in [-0.4, -0.2) is 43.4 Å². The molecular weight excluding hydrogens is 266 g/mol. The first-order valence-corrected chi connectivity index (χ1v) is 7.47. The van der Waals surface area contributed by atoms with E-state index in [4.69, 9.17) is 0 Å². The molecule has 1 aliphatic rings. The fourth-order valence-corrected chi connectivity index (χ4v) is 2.54. The van der Waals surface area contributed by atoms with Gasteiger partial charge in [-0.2, -0.15) is 0 Å². The highest BCUT2D eigenvalue weighted by Crippen LogP contribution is 2.18. The Morgan fingerprint density at radius 2 is 2.10 bits per heavy atom. The van der Waals surface area contributed by atoms with Gasteiger partial charge in [0.05, 0.1) is 6.04 Å². The fraction of sp³-hybridized carbons (Fsp3) is 0.500. The van der Waals surface area contributed by atoms with Crippen molar-refractivity contribution in [2.75, 3.05) is 26.7 Å². The number of nitrogens with zero attached hydrogens (tertiary/aromatic N) is 1. The summed E-state index contributed by atoms with van der Waals surface area (Å²) in [7, 11) is 1.82. The second-order valence-corrected chi connectivity index (χ2v) is 5.33.